The van der Waals surface area contributed by atoms with Crippen LogP contribution in [0.1, 0.15) is 0 Å². The summed E-state index contributed by atoms with van der Waals surface area (Å²) in [6.07, 6.45) is 3.49. The Morgan fingerprint density at radius 3 is 3.12 bits per heavy atom. The summed E-state index contributed by atoms with van der Waals surface area (Å²) in [7, 11) is 1.90. The molecule has 1 heterocycles. The van der Waals surface area contributed by atoms with E-state index in [1.54, 1.807) is 12.4 Å². The van der Waals surface area contributed by atoms with E-state index < -0.39 is 0 Å². The number of nitrogens with zero attached hydrogens (tertiary/aromatic N) is 2. The van der Waals surface area contributed by atoms with Crippen molar-refractivity contribution in [2.75, 3.05) is 13.6 Å². The molecule has 0 aromatic carbocycles. The third-order valence-corrected chi connectivity index (χ3v) is 0.895. The van der Waals surface area contributed by atoms with Crippen LogP contribution in [0.5, 0.6) is 0 Å². The summed E-state index contributed by atoms with van der Waals surface area (Å²) in [5.74, 6) is 0. The molecule has 3 heteroatoms. The molecule has 1 aliphatic heterocycles. The van der Waals surface area contributed by atoms with E-state index in [0.717, 1.165) is 12.1 Å². The first-order valence-electron chi connectivity index (χ1n) is 2.50. The lowest BCUT2D eigenvalue weighted by Crippen LogP contribution is -2.09. The van der Waals surface area contributed by atoms with Crippen LogP contribution >= 0.6 is 0 Å². The fourth-order valence-corrected chi connectivity index (χ4v) is 0.544. The summed E-state index contributed by atoms with van der Waals surface area (Å²) in [4.78, 5) is 0. The standard InChI is InChI=1S/C5H8N3/c1-6-2-5-3-7-8-4-5/h3-4,6H,2H2,1H3. The van der Waals surface area contributed by atoms with Crippen molar-refractivity contribution in [2.45, 2.75) is 0 Å². The van der Waals surface area contributed by atoms with Crippen LogP contribution < -0.4 is 10.7 Å². The topological polar surface area (TPSA) is 38.5 Å². The van der Waals surface area contributed by atoms with E-state index >= 15 is 0 Å². The highest BCUT2D eigenvalue weighted by Gasteiger charge is 1.95. The first-order chi connectivity index (χ1) is 3.93. The lowest BCUT2D eigenvalue weighted by molar-refractivity contribution is 0.898. The van der Waals surface area contributed by atoms with Gasteiger partial charge in [-0.1, -0.05) is 0 Å². The third-order valence-electron chi connectivity index (χ3n) is 0.895. The van der Waals surface area contributed by atoms with Crippen LogP contribution in [0.15, 0.2) is 16.9 Å². The fourth-order valence-electron chi connectivity index (χ4n) is 0.544. The molecule has 0 spiro atoms. The lowest BCUT2D eigenvalue weighted by atomic mass is 10.3. The zero-order valence-electron chi connectivity index (χ0n) is 4.76. The Morgan fingerprint density at radius 1 is 1.75 bits per heavy atom. The summed E-state index contributed by atoms with van der Waals surface area (Å²) in [5, 5.41) is 6.64. The second-order valence-corrected chi connectivity index (χ2v) is 1.59. The predicted octanol–water partition coefficient (Wildman–Crippen LogP) is -0.306. The van der Waals surface area contributed by atoms with Gasteiger partial charge in [-0.05, 0) is 7.05 Å². The van der Waals surface area contributed by atoms with Gasteiger partial charge in [0.05, 0.1) is 12.4 Å². The molecule has 8 heavy (non-hydrogen) atoms. The molecule has 1 aliphatic rings. The number of likely N-dealkylation sites (N-methyl/N-ethyl adjacent to an activating group) is 1. The Morgan fingerprint density at radius 2 is 2.62 bits per heavy atom. The summed E-state index contributed by atoms with van der Waals surface area (Å²) >= 11 is 0. The first kappa shape index (κ1) is 5.31. The van der Waals surface area contributed by atoms with Gasteiger partial charge in [-0.15, -0.1) is 0 Å². The minimum absolute atomic E-state index is 0.854. The van der Waals surface area contributed by atoms with Gasteiger partial charge >= 0.3 is 0 Å². The van der Waals surface area contributed by atoms with Gasteiger partial charge in [0.1, 0.15) is 0 Å². The molecule has 0 aromatic rings. The molecule has 0 aliphatic carbocycles. The normalized spacial score (nSPS) is 15.9. The van der Waals surface area contributed by atoms with Gasteiger partial charge < -0.3 is 5.32 Å². The zero-order chi connectivity index (χ0) is 5.82. The van der Waals surface area contributed by atoms with E-state index in [2.05, 4.69) is 15.8 Å². The fraction of sp³-hybridized carbons (Fsp3) is 0.400. The molecular weight excluding hydrogens is 102 g/mol. The Kier molecular flexibility index (Phi) is 1.64. The Labute approximate surface area is 48.5 Å². The van der Waals surface area contributed by atoms with E-state index in [1.807, 2.05) is 7.05 Å². The van der Waals surface area contributed by atoms with Gasteiger partial charge in [0, 0.05) is 12.1 Å². The first-order valence-corrected chi connectivity index (χ1v) is 2.50. The average molecular weight is 110 g/mol. The molecular formula is C5H8N3. The number of rotatable bonds is 2. The molecule has 0 unspecified atom stereocenters. The number of nitrogens with one attached hydrogen (secondary N) is 1. The Bertz CT molecular complexity index is 126. The van der Waals surface area contributed by atoms with Gasteiger partial charge in [-0.3, -0.25) is 0 Å². The predicted molar refractivity (Wildman–Crippen MR) is 32.6 cm³/mol. The summed E-state index contributed by atoms with van der Waals surface area (Å²) in [6, 6.07) is 0. The minimum atomic E-state index is 0.854. The highest BCUT2D eigenvalue weighted by atomic mass is 15.3. The largest absolute Gasteiger partial charge is 0.316 e. The van der Waals surface area contributed by atoms with Crippen molar-refractivity contribution in [1.82, 2.24) is 10.7 Å². The average Bonchev–Trinajstić information content (AvgIpc) is 2.19. The highest BCUT2D eigenvalue weighted by molar-refractivity contribution is 5.80. The molecule has 0 aromatic heterocycles. The molecule has 1 rings (SSSR count). The summed E-state index contributed by atoms with van der Waals surface area (Å²) in [6.45, 7) is 0.854. The molecule has 1 N–H and O–H groups in total. The molecule has 0 atom stereocenters. The van der Waals surface area contributed by atoms with Crippen molar-refractivity contribution in [3.05, 3.63) is 11.8 Å². The van der Waals surface area contributed by atoms with Gasteiger partial charge in [-0.2, -0.15) is 10.5 Å². The van der Waals surface area contributed by atoms with E-state index in [9.17, 15) is 0 Å². The van der Waals surface area contributed by atoms with Crippen LogP contribution in [0.3, 0.4) is 0 Å². The van der Waals surface area contributed by atoms with Crippen molar-refractivity contribution in [3.63, 3.8) is 0 Å². The summed E-state index contributed by atoms with van der Waals surface area (Å²) in [5.41, 5.74) is 4.78. The third kappa shape index (κ3) is 1.07. The van der Waals surface area contributed by atoms with Crippen molar-refractivity contribution >= 4 is 6.21 Å². The Hall–Kier alpha value is -0.830. The second-order valence-electron chi connectivity index (χ2n) is 1.59. The van der Waals surface area contributed by atoms with Crippen molar-refractivity contribution in [1.29, 1.82) is 0 Å². The Balaban J connectivity index is 2.34. The maximum absolute atomic E-state index is 3.65. The zero-order valence-corrected chi connectivity index (χ0v) is 4.76. The second kappa shape index (κ2) is 2.47. The molecule has 43 valence electrons. The van der Waals surface area contributed by atoms with Crippen LogP contribution in [0.25, 0.3) is 0 Å². The molecule has 0 fully saturated rings. The monoisotopic (exact) mass is 110 g/mol. The van der Waals surface area contributed by atoms with Gasteiger partial charge in [-0.25, -0.2) is 0 Å². The van der Waals surface area contributed by atoms with Crippen molar-refractivity contribution in [3.8, 4) is 0 Å². The number of hydrogen-bond acceptors (Lipinski definition) is 2. The molecule has 0 saturated heterocycles. The van der Waals surface area contributed by atoms with Crippen LogP contribution in [0.4, 0.5) is 0 Å². The lowest BCUT2D eigenvalue weighted by Gasteiger charge is -1.90. The maximum atomic E-state index is 3.65. The molecule has 0 saturated carbocycles. The van der Waals surface area contributed by atoms with Gasteiger partial charge in [0.25, 0.3) is 0 Å². The van der Waals surface area contributed by atoms with Crippen LogP contribution in [-0.4, -0.2) is 19.8 Å². The van der Waals surface area contributed by atoms with Gasteiger partial charge in [0.2, 0.25) is 0 Å². The van der Waals surface area contributed by atoms with Crippen LogP contribution in [0.2, 0.25) is 0 Å². The summed E-state index contributed by atoms with van der Waals surface area (Å²) < 4.78 is 0. The van der Waals surface area contributed by atoms with Gasteiger partial charge in [0.15, 0.2) is 0 Å². The molecule has 3 nitrogen and oxygen atoms in total. The van der Waals surface area contributed by atoms with E-state index in [1.165, 1.54) is 0 Å². The number of hydrogen-bond donors (Lipinski definition) is 1. The van der Waals surface area contributed by atoms with E-state index in [-0.39, 0.29) is 0 Å². The van der Waals surface area contributed by atoms with Crippen molar-refractivity contribution < 1.29 is 0 Å². The minimum Gasteiger partial charge on any atom is -0.316 e. The smallest absolute Gasteiger partial charge is 0.0556 e. The molecule has 0 bridgehead atoms. The molecule has 0 amide bonds. The maximum Gasteiger partial charge on any atom is 0.0556 e. The quantitative estimate of drug-likeness (QED) is 0.520. The molecule has 1 radical (unpaired) electrons. The van der Waals surface area contributed by atoms with Crippen LogP contribution in [0, 0.1) is 0 Å². The van der Waals surface area contributed by atoms with Crippen molar-refractivity contribution in [2.24, 2.45) is 5.10 Å². The van der Waals surface area contributed by atoms with E-state index in [4.69, 9.17) is 0 Å². The highest BCUT2D eigenvalue weighted by Crippen LogP contribution is 1.91. The van der Waals surface area contributed by atoms with Crippen LogP contribution in [-0.2, 0) is 0 Å². The SMILES string of the molecule is CNCC1=C[N]N=C1. The van der Waals surface area contributed by atoms with E-state index in [0.29, 0.717) is 0 Å².